The van der Waals surface area contributed by atoms with E-state index in [4.69, 9.17) is 0 Å². The van der Waals surface area contributed by atoms with Crippen LogP contribution in [0.4, 0.5) is 0 Å². The van der Waals surface area contributed by atoms with Crippen LogP contribution >= 0.6 is 0 Å². The van der Waals surface area contributed by atoms with Gasteiger partial charge in [0.2, 0.25) is 0 Å². The van der Waals surface area contributed by atoms with Gasteiger partial charge in [0.05, 0.1) is 0 Å². The SMILES string of the molecule is CCNCC1CCCC(CC(C)C)C1. The van der Waals surface area contributed by atoms with Gasteiger partial charge in [0.1, 0.15) is 0 Å². The van der Waals surface area contributed by atoms with Crippen LogP contribution in [0, 0.1) is 17.8 Å². The molecular weight excluding hydrogens is 170 g/mol. The molecule has 14 heavy (non-hydrogen) atoms. The Hall–Kier alpha value is -0.0400. The standard InChI is InChI=1S/C13H27N/c1-4-14-10-13-7-5-6-12(9-13)8-11(2)3/h11-14H,4-10H2,1-3H3. The number of hydrogen-bond donors (Lipinski definition) is 1. The zero-order valence-electron chi connectivity index (χ0n) is 10.2. The number of nitrogens with one attached hydrogen (secondary N) is 1. The average Bonchev–Trinajstić information content (AvgIpc) is 2.14. The monoisotopic (exact) mass is 197 g/mol. The summed E-state index contributed by atoms with van der Waals surface area (Å²) in [5.74, 6) is 2.87. The molecule has 0 bridgehead atoms. The Morgan fingerprint density at radius 2 is 1.93 bits per heavy atom. The second-order valence-corrected chi connectivity index (χ2v) is 5.34. The van der Waals surface area contributed by atoms with Crippen molar-refractivity contribution in [3.05, 3.63) is 0 Å². The molecule has 0 aromatic rings. The van der Waals surface area contributed by atoms with Crippen molar-refractivity contribution < 1.29 is 0 Å². The molecule has 1 aliphatic rings. The summed E-state index contributed by atoms with van der Waals surface area (Å²) < 4.78 is 0. The molecule has 1 rings (SSSR count). The molecule has 2 unspecified atom stereocenters. The zero-order valence-corrected chi connectivity index (χ0v) is 10.2. The van der Waals surface area contributed by atoms with Gasteiger partial charge in [-0.15, -0.1) is 0 Å². The molecule has 0 saturated heterocycles. The van der Waals surface area contributed by atoms with E-state index in [-0.39, 0.29) is 0 Å². The van der Waals surface area contributed by atoms with Crippen molar-refractivity contribution in [1.82, 2.24) is 5.32 Å². The van der Waals surface area contributed by atoms with Crippen molar-refractivity contribution in [2.75, 3.05) is 13.1 Å². The van der Waals surface area contributed by atoms with Gasteiger partial charge in [-0.25, -0.2) is 0 Å². The molecule has 84 valence electrons. The molecule has 0 aromatic carbocycles. The molecule has 0 radical (unpaired) electrons. The lowest BCUT2D eigenvalue weighted by molar-refractivity contribution is 0.232. The van der Waals surface area contributed by atoms with Crippen LogP contribution in [0.2, 0.25) is 0 Å². The molecule has 0 spiro atoms. The van der Waals surface area contributed by atoms with E-state index in [2.05, 4.69) is 26.1 Å². The van der Waals surface area contributed by atoms with Crippen molar-refractivity contribution >= 4 is 0 Å². The maximum Gasteiger partial charge on any atom is -0.00205 e. The van der Waals surface area contributed by atoms with Crippen molar-refractivity contribution in [1.29, 1.82) is 0 Å². The van der Waals surface area contributed by atoms with E-state index in [0.717, 1.165) is 24.3 Å². The van der Waals surface area contributed by atoms with Crippen molar-refractivity contribution in [3.63, 3.8) is 0 Å². The molecule has 1 heteroatoms. The van der Waals surface area contributed by atoms with Crippen LogP contribution in [0.25, 0.3) is 0 Å². The van der Waals surface area contributed by atoms with Crippen LogP contribution in [-0.4, -0.2) is 13.1 Å². The molecule has 0 aromatic heterocycles. The number of rotatable bonds is 5. The molecule has 1 saturated carbocycles. The summed E-state index contributed by atoms with van der Waals surface area (Å²) in [6.07, 6.45) is 7.34. The summed E-state index contributed by atoms with van der Waals surface area (Å²) in [6, 6.07) is 0. The summed E-state index contributed by atoms with van der Waals surface area (Å²) in [5.41, 5.74) is 0. The third kappa shape index (κ3) is 4.45. The van der Waals surface area contributed by atoms with E-state index in [0.29, 0.717) is 0 Å². The Kier molecular flexibility index (Phi) is 5.54. The molecule has 0 heterocycles. The van der Waals surface area contributed by atoms with Gasteiger partial charge >= 0.3 is 0 Å². The maximum atomic E-state index is 3.49. The summed E-state index contributed by atoms with van der Waals surface area (Å²) in [6.45, 7) is 9.30. The summed E-state index contributed by atoms with van der Waals surface area (Å²) >= 11 is 0. The highest BCUT2D eigenvalue weighted by atomic mass is 14.8. The molecule has 0 aliphatic heterocycles. The molecule has 1 aliphatic carbocycles. The van der Waals surface area contributed by atoms with Crippen molar-refractivity contribution in [2.45, 2.75) is 52.9 Å². The topological polar surface area (TPSA) is 12.0 Å². The average molecular weight is 197 g/mol. The third-order valence-corrected chi connectivity index (χ3v) is 3.38. The fourth-order valence-electron chi connectivity index (χ4n) is 2.82. The van der Waals surface area contributed by atoms with Crippen LogP contribution in [0.5, 0.6) is 0 Å². The quantitative estimate of drug-likeness (QED) is 0.712. The minimum absolute atomic E-state index is 0.887. The van der Waals surface area contributed by atoms with E-state index >= 15 is 0 Å². The van der Waals surface area contributed by atoms with Gasteiger partial charge in [0.15, 0.2) is 0 Å². The van der Waals surface area contributed by atoms with Gasteiger partial charge < -0.3 is 5.32 Å². The fourth-order valence-corrected chi connectivity index (χ4v) is 2.82. The Morgan fingerprint density at radius 1 is 1.21 bits per heavy atom. The van der Waals surface area contributed by atoms with Crippen LogP contribution in [0.3, 0.4) is 0 Å². The smallest absolute Gasteiger partial charge is 0.00205 e. The molecule has 1 fully saturated rings. The zero-order chi connectivity index (χ0) is 10.4. The second-order valence-electron chi connectivity index (χ2n) is 5.34. The van der Waals surface area contributed by atoms with Crippen LogP contribution in [-0.2, 0) is 0 Å². The van der Waals surface area contributed by atoms with Gasteiger partial charge in [0.25, 0.3) is 0 Å². The number of hydrogen-bond acceptors (Lipinski definition) is 1. The lowest BCUT2D eigenvalue weighted by Crippen LogP contribution is -2.27. The minimum Gasteiger partial charge on any atom is -0.317 e. The van der Waals surface area contributed by atoms with E-state index in [1.54, 1.807) is 0 Å². The first-order valence-electron chi connectivity index (χ1n) is 6.43. The van der Waals surface area contributed by atoms with Crippen LogP contribution < -0.4 is 5.32 Å². The first-order valence-corrected chi connectivity index (χ1v) is 6.43. The predicted octanol–water partition coefficient (Wildman–Crippen LogP) is 3.45. The van der Waals surface area contributed by atoms with E-state index < -0.39 is 0 Å². The lowest BCUT2D eigenvalue weighted by atomic mass is 9.78. The highest BCUT2D eigenvalue weighted by Crippen LogP contribution is 2.32. The van der Waals surface area contributed by atoms with Crippen molar-refractivity contribution in [2.24, 2.45) is 17.8 Å². The van der Waals surface area contributed by atoms with Gasteiger partial charge in [-0.3, -0.25) is 0 Å². The van der Waals surface area contributed by atoms with Crippen LogP contribution in [0.15, 0.2) is 0 Å². The van der Waals surface area contributed by atoms with E-state index in [1.807, 2.05) is 0 Å². The first kappa shape index (κ1) is 12.0. The molecular formula is C13H27N. The van der Waals surface area contributed by atoms with Gasteiger partial charge in [0, 0.05) is 0 Å². The Bertz CT molecular complexity index is 142. The summed E-state index contributed by atoms with van der Waals surface area (Å²) in [7, 11) is 0. The normalized spacial score (nSPS) is 28.3. The molecule has 1 nitrogen and oxygen atoms in total. The molecule has 1 N–H and O–H groups in total. The van der Waals surface area contributed by atoms with Crippen molar-refractivity contribution in [3.8, 4) is 0 Å². The van der Waals surface area contributed by atoms with E-state index in [1.165, 1.54) is 38.6 Å². The van der Waals surface area contributed by atoms with Gasteiger partial charge in [-0.2, -0.15) is 0 Å². The Morgan fingerprint density at radius 3 is 2.57 bits per heavy atom. The lowest BCUT2D eigenvalue weighted by Gasteiger charge is -2.30. The second kappa shape index (κ2) is 6.44. The largest absolute Gasteiger partial charge is 0.317 e. The summed E-state index contributed by atoms with van der Waals surface area (Å²) in [5, 5.41) is 3.49. The third-order valence-electron chi connectivity index (χ3n) is 3.38. The minimum atomic E-state index is 0.887. The maximum absolute atomic E-state index is 3.49. The highest BCUT2D eigenvalue weighted by molar-refractivity contribution is 4.75. The fraction of sp³-hybridized carbons (Fsp3) is 1.00. The van der Waals surface area contributed by atoms with Crippen LogP contribution in [0.1, 0.15) is 52.9 Å². The Balaban J connectivity index is 2.21. The predicted molar refractivity (Wildman–Crippen MR) is 63.4 cm³/mol. The van der Waals surface area contributed by atoms with Gasteiger partial charge in [-0.05, 0) is 50.1 Å². The molecule has 0 amide bonds. The Labute approximate surface area is 89.7 Å². The highest BCUT2D eigenvalue weighted by Gasteiger charge is 2.21. The summed E-state index contributed by atoms with van der Waals surface area (Å²) in [4.78, 5) is 0. The van der Waals surface area contributed by atoms with Gasteiger partial charge in [-0.1, -0.05) is 33.6 Å². The first-order chi connectivity index (χ1) is 6.72. The molecule has 2 atom stereocenters. The van der Waals surface area contributed by atoms with E-state index in [9.17, 15) is 0 Å².